The molecule has 104 valence electrons. The fraction of sp³-hybridized carbons (Fsp3) is 0.733. The van der Waals surface area contributed by atoms with E-state index in [2.05, 4.69) is 62.5 Å². The second-order valence-electron chi connectivity index (χ2n) is 6.08. The van der Waals surface area contributed by atoms with Crippen molar-refractivity contribution >= 4 is 11.3 Å². The van der Waals surface area contributed by atoms with Gasteiger partial charge in [-0.15, -0.1) is 11.3 Å². The topological polar surface area (TPSA) is 15.3 Å². The van der Waals surface area contributed by atoms with Crippen LogP contribution >= 0.6 is 11.3 Å². The molecule has 1 N–H and O–H groups in total. The lowest BCUT2D eigenvalue weighted by Crippen LogP contribution is -2.42. The summed E-state index contributed by atoms with van der Waals surface area (Å²) >= 11 is 1.84. The van der Waals surface area contributed by atoms with Crippen molar-refractivity contribution in [3.8, 4) is 0 Å². The summed E-state index contributed by atoms with van der Waals surface area (Å²) in [5.74, 6) is 0. The average molecular weight is 268 g/mol. The first kappa shape index (κ1) is 15.7. The molecule has 0 saturated carbocycles. The van der Waals surface area contributed by atoms with Gasteiger partial charge in [0.05, 0.1) is 0 Å². The number of nitrogens with one attached hydrogen (secondary N) is 1. The van der Waals surface area contributed by atoms with Gasteiger partial charge in [-0.3, -0.25) is 0 Å². The molecule has 0 aliphatic carbocycles. The standard InChI is InChI=1S/C15H28N2S/c1-6-16-14(15(2,3)4)9-10-17(5)12-13-8-7-11-18-13/h7-8,11,14,16H,6,9-10,12H2,1-5H3. The number of nitrogens with zero attached hydrogens (tertiary/aromatic N) is 1. The Labute approximate surface area is 116 Å². The van der Waals surface area contributed by atoms with Crippen LogP contribution in [0.25, 0.3) is 0 Å². The smallest absolute Gasteiger partial charge is 0.0324 e. The molecule has 0 fully saturated rings. The predicted octanol–water partition coefficient (Wildman–Crippen LogP) is 3.59. The Hall–Kier alpha value is -0.380. The van der Waals surface area contributed by atoms with Crippen molar-refractivity contribution in [3.05, 3.63) is 22.4 Å². The Morgan fingerprint density at radius 1 is 1.39 bits per heavy atom. The minimum absolute atomic E-state index is 0.333. The van der Waals surface area contributed by atoms with Crippen LogP contribution in [0.15, 0.2) is 17.5 Å². The quantitative estimate of drug-likeness (QED) is 0.813. The Bertz CT molecular complexity index is 314. The van der Waals surface area contributed by atoms with E-state index in [1.54, 1.807) is 0 Å². The largest absolute Gasteiger partial charge is 0.314 e. The van der Waals surface area contributed by atoms with E-state index in [1.165, 1.54) is 11.3 Å². The molecule has 0 aliphatic heterocycles. The highest BCUT2D eigenvalue weighted by Gasteiger charge is 2.23. The molecule has 1 heterocycles. The van der Waals surface area contributed by atoms with Gasteiger partial charge in [0.15, 0.2) is 0 Å². The molecule has 0 amide bonds. The van der Waals surface area contributed by atoms with Crippen molar-refractivity contribution in [1.29, 1.82) is 0 Å². The number of hydrogen-bond donors (Lipinski definition) is 1. The van der Waals surface area contributed by atoms with Gasteiger partial charge in [-0.25, -0.2) is 0 Å². The zero-order chi connectivity index (χ0) is 13.6. The lowest BCUT2D eigenvalue weighted by molar-refractivity contribution is 0.221. The maximum Gasteiger partial charge on any atom is 0.0324 e. The van der Waals surface area contributed by atoms with Gasteiger partial charge in [0, 0.05) is 17.5 Å². The highest BCUT2D eigenvalue weighted by molar-refractivity contribution is 7.09. The molecule has 1 rings (SSSR count). The molecule has 0 spiro atoms. The van der Waals surface area contributed by atoms with Gasteiger partial charge in [-0.2, -0.15) is 0 Å². The van der Waals surface area contributed by atoms with Gasteiger partial charge in [0.2, 0.25) is 0 Å². The fourth-order valence-electron chi connectivity index (χ4n) is 2.18. The fourth-order valence-corrected chi connectivity index (χ4v) is 2.97. The molecule has 1 aromatic heterocycles. The minimum Gasteiger partial charge on any atom is -0.314 e. The average Bonchev–Trinajstić information content (AvgIpc) is 2.75. The molecule has 0 aromatic carbocycles. The summed E-state index contributed by atoms with van der Waals surface area (Å²) in [6.45, 7) is 12.4. The summed E-state index contributed by atoms with van der Waals surface area (Å²) < 4.78 is 0. The van der Waals surface area contributed by atoms with Gasteiger partial charge in [-0.1, -0.05) is 33.8 Å². The molecular formula is C15H28N2S. The zero-order valence-electron chi connectivity index (χ0n) is 12.5. The van der Waals surface area contributed by atoms with E-state index >= 15 is 0 Å². The van der Waals surface area contributed by atoms with Crippen LogP contribution < -0.4 is 5.32 Å². The highest BCUT2D eigenvalue weighted by atomic mass is 32.1. The molecule has 2 nitrogen and oxygen atoms in total. The van der Waals surface area contributed by atoms with E-state index in [-0.39, 0.29) is 0 Å². The minimum atomic E-state index is 0.333. The van der Waals surface area contributed by atoms with Gasteiger partial charge in [0.25, 0.3) is 0 Å². The van der Waals surface area contributed by atoms with Crippen LogP contribution in [0.1, 0.15) is 39.0 Å². The predicted molar refractivity (Wildman–Crippen MR) is 82.2 cm³/mol. The van der Waals surface area contributed by atoms with Gasteiger partial charge < -0.3 is 10.2 Å². The van der Waals surface area contributed by atoms with Crippen LogP contribution in [0, 0.1) is 5.41 Å². The lowest BCUT2D eigenvalue weighted by atomic mass is 9.84. The van der Waals surface area contributed by atoms with Crippen LogP contribution in [0.2, 0.25) is 0 Å². The maximum absolute atomic E-state index is 3.61. The first-order chi connectivity index (χ1) is 8.43. The first-order valence-electron chi connectivity index (χ1n) is 6.87. The van der Waals surface area contributed by atoms with Gasteiger partial charge in [0.1, 0.15) is 0 Å². The third-order valence-electron chi connectivity index (χ3n) is 3.30. The summed E-state index contributed by atoms with van der Waals surface area (Å²) in [4.78, 5) is 3.87. The van der Waals surface area contributed by atoms with E-state index in [0.717, 1.165) is 19.6 Å². The Morgan fingerprint density at radius 3 is 2.61 bits per heavy atom. The summed E-state index contributed by atoms with van der Waals surface area (Å²) in [6, 6.07) is 4.94. The van der Waals surface area contributed by atoms with E-state index < -0.39 is 0 Å². The van der Waals surface area contributed by atoms with E-state index in [1.807, 2.05) is 11.3 Å². The van der Waals surface area contributed by atoms with Crippen LogP contribution in [0.3, 0.4) is 0 Å². The second kappa shape index (κ2) is 7.27. The molecule has 0 bridgehead atoms. The van der Waals surface area contributed by atoms with Crippen molar-refractivity contribution in [1.82, 2.24) is 10.2 Å². The zero-order valence-corrected chi connectivity index (χ0v) is 13.3. The molecule has 0 aliphatic rings. The Kier molecular flexibility index (Phi) is 6.33. The van der Waals surface area contributed by atoms with Crippen LogP contribution in [0.5, 0.6) is 0 Å². The van der Waals surface area contributed by atoms with Crippen molar-refractivity contribution in [2.75, 3.05) is 20.1 Å². The van der Waals surface area contributed by atoms with Crippen LogP contribution in [0.4, 0.5) is 0 Å². The van der Waals surface area contributed by atoms with Crippen molar-refractivity contribution in [2.24, 2.45) is 5.41 Å². The SMILES string of the molecule is CCNC(CCN(C)Cc1cccs1)C(C)(C)C. The molecular weight excluding hydrogens is 240 g/mol. The van der Waals surface area contributed by atoms with E-state index in [4.69, 9.17) is 0 Å². The van der Waals surface area contributed by atoms with Crippen molar-refractivity contribution in [3.63, 3.8) is 0 Å². The van der Waals surface area contributed by atoms with Crippen LogP contribution in [-0.2, 0) is 6.54 Å². The van der Waals surface area contributed by atoms with Gasteiger partial charge >= 0.3 is 0 Å². The van der Waals surface area contributed by atoms with Crippen molar-refractivity contribution < 1.29 is 0 Å². The third-order valence-corrected chi connectivity index (χ3v) is 4.16. The molecule has 18 heavy (non-hydrogen) atoms. The third kappa shape index (κ3) is 5.51. The van der Waals surface area contributed by atoms with Gasteiger partial charge in [-0.05, 0) is 43.4 Å². The molecule has 0 saturated heterocycles. The maximum atomic E-state index is 3.61. The molecule has 0 radical (unpaired) electrons. The normalized spacial score (nSPS) is 14.1. The van der Waals surface area contributed by atoms with Crippen molar-refractivity contribution in [2.45, 2.75) is 46.7 Å². The molecule has 3 heteroatoms. The lowest BCUT2D eigenvalue weighted by Gasteiger charge is -2.32. The second-order valence-corrected chi connectivity index (χ2v) is 7.11. The molecule has 1 aromatic rings. The summed E-state index contributed by atoms with van der Waals surface area (Å²) in [7, 11) is 2.21. The number of hydrogen-bond acceptors (Lipinski definition) is 3. The summed E-state index contributed by atoms with van der Waals surface area (Å²) in [5, 5.41) is 5.77. The highest BCUT2D eigenvalue weighted by Crippen LogP contribution is 2.22. The molecule has 1 atom stereocenters. The first-order valence-corrected chi connectivity index (χ1v) is 7.75. The Balaban J connectivity index is 2.37. The van der Waals surface area contributed by atoms with Crippen LogP contribution in [-0.4, -0.2) is 31.1 Å². The summed E-state index contributed by atoms with van der Waals surface area (Å²) in [6.07, 6.45) is 1.21. The van der Waals surface area contributed by atoms with E-state index in [9.17, 15) is 0 Å². The monoisotopic (exact) mass is 268 g/mol. The van der Waals surface area contributed by atoms with E-state index in [0.29, 0.717) is 11.5 Å². The molecule has 1 unspecified atom stereocenters. The number of rotatable bonds is 7. The summed E-state index contributed by atoms with van der Waals surface area (Å²) in [5.41, 5.74) is 0.333. The Morgan fingerprint density at radius 2 is 2.11 bits per heavy atom. The number of thiophene rings is 1.